The average molecular weight is 218 g/mol. The molecule has 0 aromatic heterocycles. The van der Waals surface area contributed by atoms with E-state index in [1.807, 2.05) is 12.1 Å². The van der Waals surface area contributed by atoms with Gasteiger partial charge in [-0.2, -0.15) is 0 Å². The topological polar surface area (TPSA) is 44.3 Å². The molecule has 16 heavy (non-hydrogen) atoms. The lowest BCUT2D eigenvalue weighted by molar-refractivity contribution is 0.351. The Morgan fingerprint density at radius 1 is 1.31 bits per heavy atom. The zero-order valence-electron chi connectivity index (χ0n) is 9.37. The van der Waals surface area contributed by atoms with E-state index in [9.17, 15) is 5.11 Å². The second-order valence-electron chi connectivity index (χ2n) is 5.03. The van der Waals surface area contributed by atoms with Crippen molar-refractivity contribution in [2.24, 2.45) is 0 Å². The number of hydrogen-bond acceptors (Lipinski definition) is 3. The molecule has 0 radical (unpaired) electrons. The van der Waals surface area contributed by atoms with Gasteiger partial charge in [-0.3, -0.25) is 0 Å². The van der Waals surface area contributed by atoms with Gasteiger partial charge >= 0.3 is 0 Å². The molecular weight excluding hydrogens is 200 g/mol. The maximum atomic E-state index is 9.88. The first-order valence-electron chi connectivity index (χ1n) is 6.03. The molecule has 2 aliphatic rings. The van der Waals surface area contributed by atoms with E-state index in [1.54, 1.807) is 6.07 Å². The van der Waals surface area contributed by atoms with Gasteiger partial charge in [-0.25, -0.2) is 0 Å². The van der Waals surface area contributed by atoms with Crippen LogP contribution in [0.15, 0.2) is 24.3 Å². The summed E-state index contributed by atoms with van der Waals surface area (Å²) in [5.41, 5.74) is 1.33. The molecule has 3 N–H and O–H groups in total. The van der Waals surface area contributed by atoms with Crippen LogP contribution in [0.1, 0.15) is 18.4 Å². The van der Waals surface area contributed by atoms with Gasteiger partial charge in [-0.1, -0.05) is 18.2 Å². The van der Waals surface area contributed by atoms with Gasteiger partial charge in [0.05, 0.1) is 0 Å². The van der Waals surface area contributed by atoms with E-state index >= 15 is 0 Å². The standard InChI is InChI=1S/C13H18N2O/c16-12-4-2-1-3-11(12)13(5-6-13)9-15-10-7-14-8-10/h1-4,10,14-16H,5-9H2. The van der Waals surface area contributed by atoms with Gasteiger partial charge in [0.25, 0.3) is 0 Å². The summed E-state index contributed by atoms with van der Waals surface area (Å²) in [6.45, 7) is 3.16. The predicted molar refractivity (Wildman–Crippen MR) is 63.7 cm³/mol. The van der Waals surface area contributed by atoms with Crippen molar-refractivity contribution in [3.8, 4) is 5.75 Å². The molecule has 0 bridgehead atoms. The van der Waals surface area contributed by atoms with E-state index in [0.717, 1.165) is 25.2 Å². The van der Waals surface area contributed by atoms with Crippen molar-refractivity contribution in [2.75, 3.05) is 19.6 Å². The second kappa shape index (κ2) is 3.75. The van der Waals surface area contributed by atoms with Crippen molar-refractivity contribution >= 4 is 0 Å². The Balaban J connectivity index is 1.70. The summed E-state index contributed by atoms with van der Waals surface area (Å²) in [5, 5.41) is 16.7. The molecule has 1 aromatic carbocycles. The highest BCUT2D eigenvalue weighted by Crippen LogP contribution is 2.50. The van der Waals surface area contributed by atoms with Crippen LogP contribution in [0.5, 0.6) is 5.75 Å². The number of benzene rings is 1. The summed E-state index contributed by atoms with van der Waals surface area (Å²) >= 11 is 0. The fourth-order valence-electron chi connectivity index (χ4n) is 2.39. The molecule has 2 fully saturated rings. The highest BCUT2D eigenvalue weighted by Gasteiger charge is 2.45. The number of rotatable bonds is 4. The summed E-state index contributed by atoms with van der Waals surface area (Å²) in [5.74, 6) is 0.452. The summed E-state index contributed by atoms with van der Waals surface area (Å²) in [6.07, 6.45) is 2.38. The van der Waals surface area contributed by atoms with Gasteiger partial charge in [0, 0.05) is 36.7 Å². The molecule has 3 nitrogen and oxygen atoms in total. The number of hydrogen-bond donors (Lipinski definition) is 3. The van der Waals surface area contributed by atoms with E-state index < -0.39 is 0 Å². The Labute approximate surface area is 95.9 Å². The van der Waals surface area contributed by atoms with Crippen LogP contribution in [0.2, 0.25) is 0 Å². The fourth-order valence-corrected chi connectivity index (χ4v) is 2.39. The summed E-state index contributed by atoms with van der Waals surface area (Å²) in [6, 6.07) is 8.38. The van der Waals surface area contributed by atoms with Crippen molar-refractivity contribution in [3.63, 3.8) is 0 Å². The van der Waals surface area contributed by atoms with Crippen LogP contribution in [0, 0.1) is 0 Å². The van der Waals surface area contributed by atoms with Crippen LogP contribution in [0.4, 0.5) is 0 Å². The molecular formula is C13H18N2O. The summed E-state index contributed by atoms with van der Waals surface area (Å²) in [7, 11) is 0. The molecule has 86 valence electrons. The lowest BCUT2D eigenvalue weighted by atomic mass is 9.94. The van der Waals surface area contributed by atoms with Crippen molar-refractivity contribution in [1.29, 1.82) is 0 Å². The molecule has 1 saturated carbocycles. The minimum absolute atomic E-state index is 0.209. The monoisotopic (exact) mass is 218 g/mol. The lowest BCUT2D eigenvalue weighted by Gasteiger charge is -2.30. The molecule has 1 saturated heterocycles. The van der Waals surface area contributed by atoms with Crippen LogP contribution in [-0.4, -0.2) is 30.8 Å². The number of aromatic hydroxyl groups is 1. The molecule has 0 unspecified atom stereocenters. The highest BCUT2D eigenvalue weighted by atomic mass is 16.3. The zero-order valence-corrected chi connectivity index (χ0v) is 9.37. The smallest absolute Gasteiger partial charge is 0.119 e. The summed E-state index contributed by atoms with van der Waals surface area (Å²) < 4.78 is 0. The lowest BCUT2D eigenvalue weighted by Crippen LogP contribution is -2.56. The highest BCUT2D eigenvalue weighted by molar-refractivity contribution is 5.42. The maximum Gasteiger partial charge on any atom is 0.119 e. The molecule has 1 aliphatic heterocycles. The van der Waals surface area contributed by atoms with Gasteiger partial charge < -0.3 is 15.7 Å². The Morgan fingerprint density at radius 2 is 2.06 bits per heavy atom. The van der Waals surface area contributed by atoms with Crippen LogP contribution < -0.4 is 10.6 Å². The Kier molecular flexibility index (Phi) is 2.37. The van der Waals surface area contributed by atoms with Gasteiger partial charge in [-0.15, -0.1) is 0 Å². The first-order valence-corrected chi connectivity index (χ1v) is 6.03. The molecule has 0 atom stereocenters. The predicted octanol–water partition coefficient (Wildman–Crippen LogP) is 0.985. The summed E-state index contributed by atoms with van der Waals surface area (Å²) in [4.78, 5) is 0. The number of nitrogens with one attached hydrogen (secondary N) is 2. The molecule has 0 amide bonds. The molecule has 1 aliphatic carbocycles. The van der Waals surface area contributed by atoms with Crippen LogP contribution in [-0.2, 0) is 5.41 Å². The average Bonchev–Trinajstić information content (AvgIpc) is 2.97. The Morgan fingerprint density at radius 3 is 2.62 bits per heavy atom. The normalized spacial score (nSPS) is 22.8. The second-order valence-corrected chi connectivity index (χ2v) is 5.03. The van der Waals surface area contributed by atoms with Crippen molar-refractivity contribution < 1.29 is 5.11 Å². The largest absolute Gasteiger partial charge is 0.508 e. The molecule has 1 heterocycles. The Hall–Kier alpha value is -1.06. The maximum absolute atomic E-state index is 9.88. The molecule has 1 aromatic rings. The quantitative estimate of drug-likeness (QED) is 0.706. The molecule has 0 spiro atoms. The SMILES string of the molecule is Oc1ccccc1C1(CNC2CNC2)CC1. The van der Waals surface area contributed by atoms with Gasteiger partial charge in [0.15, 0.2) is 0 Å². The number of para-hydroxylation sites is 1. The first kappa shape index (κ1) is 10.1. The van der Waals surface area contributed by atoms with E-state index in [1.165, 1.54) is 12.8 Å². The minimum atomic E-state index is 0.209. The molecule has 3 rings (SSSR count). The zero-order chi connectivity index (χ0) is 11.0. The Bertz CT molecular complexity index is 383. The van der Waals surface area contributed by atoms with E-state index in [2.05, 4.69) is 16.7 Å². The first-order chi connectivity index (χ1) is 7.80. The third-order valence-electron chi connectivity index (χ3n) is 3.84. The third-order valence-corrected chi connectivity index (χ3v) is 3.84. The van der Waals surface area contributed by atoms with Crippen LogP contribution in [0.3, 0.4) is 0 Å². The van der Waals surface area contributed by atoms with E-state index in [0.29, 0.717) is 11.8 Å². The van der Waals surface area contributed by atoms with Crippen LogP contribution in [0.25, 0.3) is 0 Å². The number of phenolic OH excluding ortho intramolecular Hbond substituents is 1. The van der Waals surface area contributed by atoms with Crippen LogP contribution >= 0.6 is 0 Å². The van der Waals surface area contributed by atoms with Gasteiger partial charge in [0.1, 0.15) is 5.75 Å². The van der Waals surface area contributed by atoms with Crippen molar-refractivity contribution in [2.45, 2.75) is 24.3 Å². The fraction of sp³-hybridized carbons (Fsp3) is 0.538. The minimum Gasteiger partial charge on any atom is -0.508 e. The van der Waals surface area contributed by atoms with Gasteiger partial charge in [-0.05, 0) is 18.9 Å². The van der Waals surface area contributed by atoms with Crippen molar-refractivity contribution in [3.05, 3.63) is 29.8 Å². The van der Waals surface area contributed by atoms with Gasteiger partial charge in [0.2, 0.25) is 0 Å². The third kappa shape index (κ3) is 1.70. The van der Waals surface area contributed by atoms with E-state index in [4.69, 9.17) is 0 Å². The van der Waals surface area contributed by atoms with Crippen molar-refractivity contribution in [1.82, 2.24) is 10.6 Å². The van der Waals surface area contributed by atoms with E-state index in [-0.39, 0.29) is 5.41 Å². The molecule has 3 heteroatoms. The number of phenols is 1.